The lowest BCUT2D eigenvalue weighted by Gasteiger charge is -2.49. The number of rotatable bonds is 9. The van der Waals surface area contributed by atoms with Crippen LogP contribution in [0, 0.1) is 0 Å². The molecule has 6 amide bonds. The highest BCUT2D eigenvalue weighted by molar-refractivity contribution is 8.20. The number of aromatic nitrogens is 4. The van der Waals surface area contributed by atoms with Gasteiger partial charge in [0.1, 0.15) is 21.8 Å². The number of amides is 6. The number of hydrogen-bond donors (Lipinski definition) is 4. The van der Waals surface area contributed by atoms with E-state index < -0.39 is 41.3 Å². The number of carboxylic acid groups (broad SMARTS) is 1. The first-order chi connectivity index (χ1) is 21.7. The number of hydrogen-bond acceptors (Lipinski definition) is 13. The van der Waals surface area contributed by atoms with Crippen LogP contribution in [0.5, 0.6) is 0 Å². The topological polar surface area (TPSA) is 204 Å². The highest BCUT2D eigenvalue weighted by Crippen LogP contribution is 2.41. The molecule has 3 fully saturated rings. The molecule has 5 heterocycles. The standard InChI is InChI=1S/C25H28N10O6S4/c1-33-24(30-31-32-33)45-11-13-10-44-20-17(19(37)35(20)18(13)21(38)39)28-15(36)9-12-3-2-4-14(27-25-42-7-8-43-25)16(12)29-23(41)34-6-5-26-22(34)40/h2-3,17,20,25H,4-11H2,1H3,(H,26,40)(H,28,36)(H,29,41)(H,38,39)/t17?,20-/m0/s1. The van der Waals surface area contributed by atoms with E-state index in [-0.39, 0.29) is 29.1 Å². The summed E-state index contributed by atoms with van der Waals surface area (Å²) in [4.78, 5) is 71.0. The van der Waals surface area contributed by atoms with E-state index in [0.717, 1.165) is 16.4 Å². The fourth-order valence-electron chi connectivity index (χ4n) is 5.18. The fraction of sp³-hybridized carbons (Fsp3) is 0.480. The predicted molar refractivity (Wildman–Crippen MR) is 169 cm³/mol. The molecular weight excluding hydrogens is 665 g/mol. The molecule has 16 nitrogen and oxygen atoms in total. The van der Waals surface area contributed by atoms with Crippen LogP contribution in [0.25, 0.3) is 0 Å². The average molecular weight is 693 g/mol. The normalized spacial score (nSPS) is 24.2. The number of carbonyl (C=O) groups excluding carboxylic acids is 4. The minimum atomic E-state index is -1.22. The van der Waals surface area contributed by atoms with Crippen molar-refractivity contribution >= 4 is 82.6 Å². The molecule has 1 aromatic rings. The summed E-state index contributed by atoms with van der Waals surface area (Å²) in [7, 11) is 1.68. The Labute approximate surface area is 273 Å². The molecule has 1 aliphatic carbocycles. The third kappa shape index (κ3) is 6.59. The van der Waals surface area contributed by atoms with Crippen molar-refractivity contribution in [1.82, 2.24) is 46.0 Å². The van der Waals surface area contributed by atoms with Crippen LogP contribution in [-0.2, 0) is 21.4 Å². The second-order valence-corrected chi connectivity index (χ2v) is 14.9. The molecule has 4 aliphatic heterocycles. The summed E-state index contributed by atoms with van der Waals surface area (Å²) in [5.41, 5.74) is 1.93. The second-order valence-electron chi connectivity index (χ2n) is 10.2. The van der Waals surface area contributed by atoms with Crippen LogP contribution in [0.2, 0.25) is 0 Å². The first-order valence-corrected chi connectivity index (χ1v) is 17.9. The van der Waals surface area contributed by atoms with Crippen LogP contribution < -0.4 is 16.0 Å². The molecule has 0 aromatic carbocycles. The van der Waals surface area contributed by atoms with Gasteiger partial charge in [-0.1, -0.05) is 23.9 Å². The highest BCUT2D eigenvalue weighted by Gasteiger charge is 2.54. The van der Waals surface area contributed by atoms with Gasteiger partial charge in [0.2, 0.25) is 11.1 Å². The molecule has 4 N–H and O–H groups in total. The molecule has 0 spiro atoms. The molecule has 1 unspecified atom stereocenters. The van der Waals surface area contributed by atoms with Gasteiger partial charge in [0.25, 0.3) is 5.91 Å². The molecule has 1 aromatic heterocycles. The highest BCUT2D eigenvalue weighted by atomic mass is 32.2. The quantitative estimate of drug-likeness (QED) is 0.207. The number of urea groups is 2. The van der Waals surface area contributed by atoms with Gasteiger partial charge < -0.3 is 21.1 Å². The summed E-state index contributed by atoms with van der Waals surface area (Å²) in [5.74, 6) is 0.348. The molecule has 238 valence electrons. The Morgan fingerprint density at radius 1 is 1.22 bits per heavy atom. The predicted octanol–water partition coefficient (Wildman–Crippen LogP) is 0.584. The Kier molecular flexibility index (Phi) is 9.43. The number of thioether (sulfide) groups is 4. The number of aliphatic carboxylic acids is 1. The van der Waals surface area contributed by atoms with Gasteiger partial charge in [-0.05, 0) is 21.6 Å². The Bertz CT molecular complexity index is 1570. The number of aryl methyl sites for hydroxylation is 1. The van der Waals surface area contributed by atoms with Crippen molar-refractivity contribution in [3.63, 3.8) is 0 Å². The van der Waals surface area contributed by atoms with Crippen LogP contribution in [0.3, 0.4) is 0 Å². The number of β-lactam (4-membered cyclic amide) rings is 1. The Morgan fingerprint density at radius 2 is 2.02 bits per heavy atom. The summed E-state index contributed by atoms with van der Waals surface area (Å²) < 4.78 is 1.44. The van der Waals surface area contributed by atoms with Crippen molar-refractivity contribution in [2.45, 2.75) is 34.1 Å². The molecule has 0 saturated carbocycles. The second kappa shape index (κ2) is 13.5. The Balaban J connectivity index is 1.16. The van der Waals surface area contributed by atoms with Crippen molar-refractivity contribution in [2.24, 2.45) is 12.0 Å². The van der Waals surface area contributed by atoms with Crippen molar-refractivity contribution in [3.8, 4) is 0 Å². The number of carboxylic acids is 1. The number of tetrazole rings is 1. The number of nitrogens with zero attached hydrogens (tertiary/aromatic N) is 7. The Morgan fingerprint density at radius 3 is 2.71 bits per heavy atom. The summed E-state index contributed by atoms with van der Waals surface area (Å²) in [6.07, 6.45) is 3.87. The SMILES string of the molecule is Cn1nnnc1SCC1=C(C(=O)O)N2C(=O)C(NC(=O)CC3=C(NC(=O)N4CCNC4=O)C(=NC4SCCS4)CC=C3)[C@@H]2SC1. The minimum absolute atomic E-state index is 0.0395. The summed E-state index contributed by atoms with van der Waals surface area (Å²) in [5, 5.41) is 29.3. The molecule has 45 heavy (non-hydrogen) atoms. The van der Waals surface area contributed by atoms with Crippen molar-refractivity contribution < 1.29 is 29.1 Å². The van der Waals surface area contributed by atoms with Gasteiger partial charge >= 0.3 is 18.0 Å². The van der Waals surface area contributed by atoms with E-state index in [4.69, 9.17) is 4.99 Å². The largest absolute Gasteiger partial charge is 0.477 e. The lowest BCUT2D eigenvalue weighted by molar-refractivity contribution is -0.150. The van der Waals surface area contributed by atoms with Crippen LogP contribution in [0.1, 0.15) is 12.8 Å². The van der Waals surface area contributed by atoms with Gasteiger partial charge in [-0.15, -0.1) is 40.4 Å². The lowest BCUT2D eigenvalue weighted by atomic mass is 9.97. The van der Waals surface area contributed by atoms with Crippen molar-refractivity contribution in [1.29, 1.82) is 0 Å². The summed E-state index contributed by atoms with van der Waals surface area (Å²) in [6, 6.07) is -2.03. The zero-order valence-corrected chi connectivity index (χ0v) is 27.1. The van der Waals surface area contributed by atoms with E-state index in [1.54, 1.807) is 36.6 Å². The van der Waals surface area contributed by atoms with Crippen molar-refractivity contribution in [2.75, 3.05) is 36.1 Å². The number of imide groups is 1. The van der Waals surface area contributed by atoms with E-state index >= 15 is 0 Å². The minimum Gasteiger partial charge on any atom is -0.477 e. The molecular formula is C25H28N10O6S4. The van der Waals surface area contributed by atoms with Gasteiger partial charge in [-0.3, -0.25) is 19.5 Å². The number of fused-ring (bicyclic) bond motifs is 1. The van der Waals surface area contributed by atoms with Crippen LogP contribution >= 0.6 is 47.0 Å². The fourth-order valence-corrected chi connectivity index (χ4v) is 10.0. The first-order valence-electron chi connectivity index (χ1n) is 13.8. The van der Waals surface area contributed by atoms with E-state index in [1.165, 1.54) is 33.1 Å². The third-order valence-corrected chi connectivity index (χ3v) is 12.5. The van der Waals surface area contributed by atoms with Crippen LogP contribution in [-0.4, -0.2) is 123 Å². The van der Waals surface area contributed by atoms with E-state index in [9.17, 15) is 29.1 Å². The molecule has 0 radical (unpaired) electrons. The van der Waals surface area contributed by atoms with Crippen LogP contribution in [0.4, 0.5) is 9.59 Å². The van der Waals surface area contributed by atoms with Gasteiger partial charge in [-0.25, -0.2) is 24.0 Å². The van der Waals surface area contributed by atoms with Gasteiger partial charge in [0.05, 0.1) is 17.8 Å². The molecule has 5 aliphatic rings. The monoisotopic (exact) mass is 692 g/mol. The molecule has 3 saturated heterocycles. The molecule has 0 bridgehead atoms. The van der Waals surface area contributed by atoms with E-state index in [2.05, 4.69) is 31.5 Å². The smallest absolute Gasteiger partial charge is 0.352 e. The lowest BCUT2D eigenvalue weighted by Crippen LogP contribution is -2.70. The number of carbonyl (C=O) groups is 5. The maximum Gasteiger partial charge on any atom is 0.352 e. The summed E-state index contributed by atoms with van der Waals surface area (Å²) in [6.45, 7) is 0.564. The number of aliphatic imine (C=N–C) groups is 1. The summed E-state index contributed by atoms with van der Waals surface area (Å²) >= 11 is 6.03. The first kappa shape index (κ1) is 31.5. The Hall–Kier alpha value is -3.49. The van der Waals surface area contributed by atoms with E-state index in [1.807, 2.05) is 6.08 Å². The molecule has 2 atom stereocenters. The van der Waals surface area contributed by atoms with Crippen LogP contribution in [0.15, 0.2) is 44.8 Å². The third-order valence-electron chi connectivity index (χ3n) is 7.31. The van der Waals surface area contributed by atoms with Gasteiger partial charge in [-0.2, -0.15) is 0 Å². The van der Waals surface area contributed by atoms with Gasteiger partial charge in [0.15, 0.2) is 0 Å². The molecule has 20 heteroatoms. The number of nitrogens with one attached hydrogen (secondary N) is 3. The maximum atomic E-state index is 13.3. The number of allylic oxidation sites excluding steroid dienone is 3. The maximum absolute atomic E-state index is 13.3. The van der Waals surface area contributed by atoms with E-state index in [0.29, 0.717) is 46.4 Å². The van der Waals surface area contributed by atoms with Gasteiger partial charge in [0, 0.05) is 49.6 Å². The average Bonchev–Trinajstić information content (AvgIpc) is 3.78. The molecule has 6 rings (SSSR count). The zero-order valence-electron chi connectivity index (χ0n) is 23.8. The zero-order chi connectivity index (χ0) is 31.7. The van der Waals surface area contributed by atoms with Crippen molar-refractivity contribution in [3.05, 3.63) is 34.7 Å².